The quantitative estimate of drug-likeness (QED) is 0.618. The minimum absolute atomic E-state index is 0.186. The zero-order valence-electron chi connectivity index (χ0n) is 8.68. The van der Waals surface area contributed by atoms with E-state index < -0.39 is 0 Å². The Kier molecular flexibility index (Phi) is 5.99. The van der Waals surface area contributed by atoms with Gasteiger partial charge in [-0.15, -0.1) is 0 Å². The van der Waals surface area contributed by atoms with Crippen LogP contribution in [0.3, 0.4) is 0 Å². The predicted octanol–water partition coefficient (Wildman–Crippen LogP) is 1.85. The average molecular weight is 171 g/mol. The lowest BCUT2D eigenvalue weighted by atomic mass is 10.1. The summed E-state index contributed by atoms with van der Waals surface area (Å²) in [6.45, 7) is 10.1. The summed E-state index contributed by atoms with van der Waals surface area (Å²) in [5.74, 6) is 1.20. The van der Waals surface area contributed by atoms with E-state index in [-0.39, 0.29) is 5.92 Å². The number of nitrogens with one attached hydrogen (secondary N) is 1. The molecule has 0 radical (unpaired) electrons. The zero-order chi connectivity index (χ0) is 9.56. The largest absolute Gasteiger partial charge is 0.316 e. The second-order valence-corrected chi connectivity index (χ2v) is 3.97. The summed E-state index contributed by atoms with van der Waals surface area (Å²) in [7, 11) is 0. The summed E-state index contributed by atoms with van der Waals surface area (Å²) < 4.78 is 0. The molecule has 0 spiro atoms. The molecular formula is C10H21NO. The lowest BCUT2D eigenvalue weighted by Crippen LogP contribution is -2.23. The van der Waals surface area contributed by atoms with Gasteiger partial charge >= 0.3 is 0 Å². The predicted molar refractivity (Wildman–Crippen MR) is 52.2 cm³/mol. The van der Waals surface area contributed by atoms with Crippen molar-refractivity contribution < 1.29 is 4.79 Å². The number of hydrogen-bond acceptors (Lipinski definition) is 2. The summed E-state index contributed by atoms with van der Waals surface area (Å²) in [6.07, 6.45) is 0.671. The van der Waals surface area contributed by atoms with Gasteiger partial charge < -0.3 is 5.32 Å². The Morgan fingerprint density at radius 3 is 2.25 bits per heavy atom. The van der Waals surface area contributed by atoms with Crippen molar-refractivity contribution in [3.05, 3.63) is 0 Å². The van der Waals surface area contributed by atoms with Crippen molar-refractivity contribution in [3.63, 3.8) is 0 Å². The molecule has 0 aliphatic heterocycles. The fourth-order valence-corrected chi connectivity index (χ4v) is 0.891. The van der Waals surface area contributed by atoms with Crippen molar-refractivity contribution in [3.8, 4) is 0 Å². The van der Waals surface area contributed by atoms with Crippen LogP contribution in [0.4, 0.5) is 0 Å². The Morgan fingerprint density at radius 2 is 1.83 bits per heavy atom. The molecule has 0 aromatic rings. The Hall–Kier alpha value is -0.370. The Labute approximate surface area is 75.7 Å². The van der Waals surface area contributed by atoms with E-state index in [1.54, 1.807) is 0 Å². The maximum atomic E-state index is 11.1. The van der Waals surface area contributed by atoms with Gasteiger partial charge in [0.25, 0.3) is 0 Å². The van der Waals surface area contributed by atoms with E-state index in [0.29, 0.717) is 18.1 Å². The van der Waals surface area contributed by atoms with Crippen LogP contribution in [0.5, 0.6) is 0 Å². The molecule has 0 bridgehead atoms. The number of carbonyl (C=O) groups is 1. The molecule has 0 aliphatic carbocycles. The highest BCUT2D eigenvalue weighted by Crippen LogP contribution is 1.97. The van der Waals surface area contributed by atoms with Crippen LogP contribution in [0.1, 0.15) is 34.1 Å². The third-order valence-corrected chi connectivity index (χ3v) is 1.74. The van der Waals surface area contributed by atoms with Gasteiger partial charge in [-0.3, -0.25) is 4.79 Å². The monoisotopic (exact) mass is 171 g/mol. The van der Waals surface area contributed by atoms with Crippen molar-refractivity contribution >= 4 is 5.78 Å². The Morgan fingerprint density at radius 1 is 1.25 bits per heavy atom. The molecule has 0 saturated carbocycles. The van der Waals surface area contributed by atoms with Gasteiger partial charge in [-0.1, -0.05) is 27.7 Å². The summed E-state index contributed by atoms with van der Waals surface area (Å²) in [6, 6.07) is 0. The van der Waals surface area contributed by atoms with Gasteiger partial charge in [-0.25, -0.2) is 0 Å². The van der Waals surface area contributed by atoms with Crippen molar-refractivity contribution in [2.45, 2.75) is 34.1 Å². The van der Waals surface area contributed by atoms with E-state index >= 15 is 0 Å². The first kappa shape index (κ1) is 11.6. The summed E-state index contributed by atoms with van der Waals surface area (Å²) in [4.78, 5) is 11.1. The van der Waals surface area contributed by atoms with Gasteiger partial charge in [0.15, 0.2) is 0 Å². The highest BCUT2D eigenvalue weighted by atomic mass is 16.1. The van der Waals surface area contributed by atoms with Gasteiger partial charge in [-0.05, 0) is 12.5 Å². The van der Waals surface area contributed by atoms with Gasteiger partial charge in [0.05, 0.1) is 0 Å². The number of hydrogen-bond donors (Lipinski definition) is 1. The van der Waals surface area contributed by atoms with E-state index in [1.165, 1.54) is 0 Å². The van der Waals surface area contributed by atoms with Crippen molar-refractivity contribution in [1.82, 2.24) is 5.32 Å². The normalized spacial score (nSPS) is 11.2. The topological polar surface area (TPSA) is 29.1 Å². The lowest BCUT2D eigenvalue weighted by Gasteiger charge is -2.07. The van der Waals surface area contributed by atoms with E-state index in [4.69, 9.17) is 0 Å². The van der Waals surface area contributed by atoms with E-state index in [9.17, 15) is 4.79 Å². The second kappa shape index (κ2) is 6.18. The molecule has 2 nitrogen and oxygen atoms in total. The van der Waals surface area contributed by atoms with Crippen molar-refractivity contribution in [2.24, 2.45) is 11.8 Å². The van der Waals surface area contributed by atoms with E-state index in [1.807, 2.05) is 13.8 Å². The SMILES string of the molecule is CC(C)CNCCC(=O)C(C)C. The molecule has 0 saturated heterocycles. The molecule has 0 amide bonds. The third-order valence-electron chi connectivity index (χ3n) is 1.74. The highest BCUT2D eigenvalue weighted by Gasteiger charge is 2.05. The molecule has 12 heavy (non-hydrogen) atoms. The van der Waals surface area contributed by atoms with E-state index in [0.717, 1.165) is 13.1 Å². The standard InChI is InChI=1S/C10H21NO/c1-8(2)7-11-6-5-10(12)9(3)4/h8-9,11H,5-7H2,1-4H3. The number of rotatable bonds is 6. The summed E-state index contributed by atoms with van der Waals surface area (Å²) >= 11 is 0. The molecule has 1 N–H and O–H groups in total. The minimum Gasteiger partial charge on any atom is -0.316 e. The molecule has 0 atom stereocenters. The molecule has 0 aromatic heterocycles. The fraction of sp³-hybridized carbons (Fsp3) is 0.900. The fourth-order valence-electron chi connectivity index (χ4n) is 0.891. The average Bonchev–Trinajstić information content (AvgIpc) is 1.97. The molecule has 0 fully saturated rings. The van der Waals surface area contributed by atoms with Crippen LogP contribution in [-0.4, -0.2) is 18.9 Å². The van der Waals surface area contributed by atoms with Crippen molar-refractivity contribution in [1.29, 1.82) is 0 Å². The Bertz CT molecular complexity index is 130. The van der Waals surface area contributed by atoms with Gasteiger partial charge in [0, 0.05) is 18.9 Å². The van der Waals surface area contributed by atoms with Crippen molar-refractivity contribution in [2.75, 3.05) is 13.1 Å². The molecule has 0 heterocycles. The van der Waals surface area contributed by atoms with Crippen LogP contribution in [0.2, 0.25) is 0 Å². The van der Waals surface area contributed by atoms with Gasteiger partial charge in [0.2, 0.25) is 0 Å². The van der Waals surface area contributed by atoms with Crippen LogP contribution >= 0.6 is 0 Å². The first-order chi connectivity index (χ1) is 5.54. The van der Waals surface area contributed by atoms with Crippen LogP contribution < -0.4 is 5.32 Å². The maximum absolute atomic E-state index is 11.1. The molecule has 72 valence electrons. The highest BCUT2D eigenvalue weighted by molar-refractivity contribution is 5.80. The molecule has 0 aliphatic rings. The first-order valence-corrected chi connectivity index (χ1v) is 4.77. The zero-order valence-corrected chi connectivity index (χ0v) is 8.68. The van der Waals surface area contributed by atoms with Crippen LogP contribution in [0.25, 0.3) is 0 Å². The molecule has 2 heteroatoms. The molecular weight excluding hydrogens is 150 g/mol. The third kappa shape index (κ3) is 6.35. The molecule has 0 unspecified atom stereocenters. The number of Topliss-reactive ketones (excluding diaryl/α,β-unsaturated/α-hetero) is 1. The molecule has 0 rings (SSSR count). The van der Waals surface area contributed by atoms with Crippen LogP contribution in [0.15, 0.2) is 0 Å². The van der Waals surface area contributed by atoms with Crippen LogP contribution in [-0.2, 0) is 4.79 Å². The smallest absolute Gasteiger partial charge is 0.136 e. The lowest BCUT2D eigenvalue weighted by molar-refractivity contribution is -0.121. The number of ketones is 1. The summed E-state index contributed by atoms with van der Waals surface area (Å²) in [5, 5.41) is 3.25. The van der Waals surface area contributed by atoms with Gasteiger partial charge in [-0.2, -0.15) is 0 Å². The maximum Gasteiger partial charge on any atom is 0.136 e. The van der Waals surface area contributed by atoms with Crippen LogP contribution in [0, 0.1) is 11.8 Å². The first-order valence-electron chi connectivity index (χ1n) is 4.77. The summed E-state index contributed by atoms with van der Waals surface area (Å²) in [5.41, 5.74) is 0. The second-order valence-electron chi connectivity index (χ2n) is 3.97. The number of carbonyl (C=O) groups excluding carboxylic acids is 1. The molecule has 0 aromatic carbocycles. The van der Waals surface area contributed by atoms with E-state index in [2.05, 4.69) is 19.2 Å². The van der Waals surface area contributed by atoms with Gasteiger partial charge in [0.1, 0.15) is 5.78 Å². The minimum atomic E-state index is 0.186. The Balaban J connectivity index is 3.26.